The van der Waals surface area contributed by atoms with Gasteiger partial charge in [0.05, 0.1) is 5.92 Å². The lowest BCUT2D eigenvalue weighted by molar-refractivity contribution is -0.134. The number of aromatic amines is 1. The van der Waals surface area contributed by atoms with Crippen LogP contribution in [0.3, 0.4) is 0 Å². The Morgan fingerprint density at radius 2 is 1.97 bits per heavy atom. The summed E-state index contributed by atoms with van der Waals surface area (Å²) < 4.78 is 0. The summed E-state index contributed by atoms with van der Waals surface area (Å²) in [5.74, 6) is 0.164. The molecule has 0 saturated carbocycles. The number of carbonyl (C=O) groups is 1. The van der Waals surface area contributed by atoms with Crippen molar-refractivity contribution in [3.63, 3.8) is 0 Å². The quantitative estimate of drug-likeness (QED) is 0.626. The largest absolute Gasteiger partial charge is 0.361 e. The van der Waals surface area contributed by atoms with Gasteiger partial charge in [-0.3, -0.25) is 9.69 Å². The van der Waals surface area contributed by atoms with E-state index < -0.39 is 0 Å². The van der Waals surface area contributed by atoms with Crippen molar-refractivity contribution in [2.24, 2.45) is 5.92 Å². The third-order valence-corrected chi connectivity index (χ3v) is 6.86. The fourth-order valence-corrected chi connectivity index (χ4v) is 5.40. The Hall–Kier alpha value is -2.85. The number of rotatable bonds is 6. The van der Waals surface area contributed by atoms with Gasteiger partial charge >= 0.3 is 0 Å². The van der Waals surface area contributed by atoms with Gasteiger partial charge in [-0.1, -0.05) is 55.5 Å². The number of nitrogens with zero attached hydrogens (tertiary/aromatic N) is 2. The Morgan fingerprint density at radius 3 is 2.74 bits per heavy atom. The van der Waals surface area contributed by atoms with Gasteiger partial charge in [0.2, 0.25) is 5.91 Å². The molecule has 4 nitrogen and oxygen atoms in total. The molecular formula is C27H31N3O. The van der Waals surface area contributed by atoms with Gasteiger partial charge in [-0.15, -0.1) is 0 Å². The van der Waals surface area contributed by atoms with Crippen LogP contribution < -0.4 is 0 Å². The van der Waals surface area contributed by atoms with Gasteiger partial charge in [0.1, 0.15) is 0 Å². The molecule has 2 atom stereocenters. The van der Waals surface area contributed by atoms with Crippen molar-refractivity contribution in [1.82, 2.24) is 14.8 Å². The van der Waals surface area contributed by atoms with Crippen molar-refractivity contribution in [3.05, 3.63) is 77.5 Å². The molecule has 160 valence electrons. The van der Waals surface area contributed by atoms with Gasteiger partial charge in [-0.25, -0.2) is 0 Å². The number of amides is 1. The maximum absolute atomic E-state index is 13.5. The molecule has 1 aliphatic carbocycles. The van der Waals surface area contributed by atoms with Crippen LogP contribution >= 0.6 is 0 Å². The maximum atomic E-state index is 13.5. The van der Waals surface area contributed by atoms with Crippen LogP contribution in [0, 0.1) is 5.92 Å². The highest BCUT2D eigenvalue weighted by Gasteiger charge is 2.38. The zero-order valence-electron chi connectivity index (χ0n) is 18.5. The van der Waals surface area contributed by atoms with Crippen LogP contribution in [0.15, 0.2) is 60.8 Å². The summed E-state index contributed by atoms with van der Waals surface area (Å²) in [4.78, 5) is 21.5. The average molecular weight is 414 g/mol. The lowest BCUT2D eigenvalue weighted by atomic mass is 9.79. The zero-order valence-corrected chi connectivity index (χ0v) is 18.5. The summed E-state index contributed by atoms with van der Waals surface area (Å²) in [5, 5.41) is 1.33. The van der Waals surface area contributed by atoms with E-state index in [-0.39, 0.29) is 11.8 Å². The fourth-order valence-electron chi connectivity index (χ4n) is 5.40. The van der Waals surface area contributed by atoms with E-state index in [1.54, 1.807) is 0 Å². The molecule has 1 amide bonds. The third kappa shape index (κ3) is 3.59. The predicted octanol–water partition coefficient (Wildman–Crippen LogP) is 4.87. The summed E-state index contributed by atoms with van der Waals surface area (Å²) in [7, 11) is 0. The Balaban J connectivity index is 1.57. The van der Waals surface area contributed by atoms with Crippen LogP contribution in [-0.4, -0.2) is 46.4 Å². The molecule has 0 unspecified atom stereocenters. The van der Waals surface area contributed by atoms with Gasteiger partial charge in [0.25, 0.3) is 0 Å². The maximum Gasteiger partial charge on any atom is 0.230 e. The van der Waals surface area contributed by atoms with Crippen LogP contribution in [0.5, 0.6) is 0 Å². The van der Waals surface area contributed by atoms with Crippen molar-refractivity contribution in [3.8, 4) is 0 Å². The van der Waals surface area contributed by atoms with Crippen molar-refractivity contribution in [2.75, 3.05) is 19.6 Å². The molecule has 3 aromatic rings. The highest BCUT2D eigenvalue weighted by Crippen LogP contribution is 2.42. The van der Waals surface area contributed by atoms with Crippen LogP contribution in [0.25, 0.3) is 16.5 Å². The molecule has 4 heteroatoms. The van der Waals surface area contributed by atoms with E-state index in [0.717, 1.165) is 39.0 Å². The molecule has 1 N–H and O–H groups in total. The molecule has 0 radical (unpaired) electrons. The van der Waals surface area contributed by atoms with E-state index in [0.29, 0.717) is 6.04 Å². The van der Waals surface area contributed by atoms with E-state index in [2.05, 4.69) is 84.5 Å². The predicted molar refractivity (Wildman–Crippen MR) is 127 cm³/mol. The number of hydrogen-bond acceptors (Lipinski definition) is 2. The molecule has 2 aromatic carbocycles. The van der Waals surface area contributed by atoms with Gasteiger partial charge in [0.15, 0.2) is 0 Å². The van der Waals surface area contributed by atoms with Crippen LogP contribution in [0.1, 0.15) is 37.0 Å². The normalized spacial score (nSPS) is 20.4. The van der Waals surface area contributed by atoms with E-state index in [9.17, 15) is 4.79 Å². The summed E-state index contributed by atoms with van der Waals surface area (Å²) in [6.07, 6.45) is 6.44. The molecule has 31 heavy (non-hydrogen) atoms. The Kier molecular flexibility index (Phi) is 5.41. The number of H-pyrrole nitrogens is 1. The standard InChI is InChI=1S/C27H31N3O/c1-3-13-29(4-2)27(31)21-14-23-22-11-8-12-24-26(22)20(16-28-24)15-25(23)30(18-21)17-19-9-6-5-7-10-19/h5-12,14,16,21,25,28H,3-4,13,15,17-18H2,1-2H3/t21-,25+/m0/s1. The first kappa shape index (κ1) is 20.1. The topological polar surface area (TPSA) is 39.3 Å². The molecular weight excluding hydrogens is 382 g/mol. The lowest BCUT2D eigenvalue weighted by Gasteiger charge is -2.42. The smallest absolute Gasteiger partial charge is 0.230 e. The second-order valence-corrected chi connectivity index (χ2v) is 8.82. The summed E-state index contributed by atoms with van der Waals surface area (Å²) in [6, 6.07) is 17.5. The van der Waals surface area contributed by atoms with Crippen LogP contribution in [0.4, 0.5) is 0 Å². The first-order valence-corrected chi connectivity index (χ1v) is 11.6. The first-order valence-electron chi connectivity index (χ1n) is 11.6. The minimum atomic E-state index is -0.0998. The Bertz CT molecular complexity index is 1110. The van der Waals surface area contributed by atoms with Crippen molar-refractivity contribution in [2.45, 2.75) is 39.3 Å². The summed E-state index contributed by atoms with van der Waals surface area (Å²) in [6.45, 7) is 7.46. The van der Waals surface area contributed by atoms with Crippen molar-refractivity contribution < 1.29 is 4.79 Å². The molecule has 0 bridgehead atoms. The van der Waals surface area contributed by atoms with Crippen molar-refractivity contribution in [1.29, 1.82) is 0 Å². The third-order valence-electron chi connectivity index (χ3n) is 6.86. The number of benzene rings is 2. The molecule has 0 spiro atoms. The molecule has 0 saturated heterocycles. The second-order valence-electron chi connectivity index (χ2n) is 8.82. The molecule has 5 rings (SSSR count). The zero-order chi connectivity index (χ0) is 21.4. The SMILES string of the molecule is CCCN(CC)C(=O)[C@H]1C=C2c3cccc4[nH]cc(c34)C[C@H]2N(Cc2ccccc2)C1. The van der Waals surface area contributed by atoms with Crippen LogP contribution in [0.2, 0.25) is 0 Å². The number of fused-ring (bicyclic) bond motifs is 2. The van der Waals surface area contributed by atoms with Gasteiger partial charge in [-0.2, -0.15) is 0 Å². The van der Waals surface area contributed by atoms with Gasteiger partial charge in [0, 0.05) is 49.3 Å². The molecule has 2 aliphatic rings. The lowest BCUT2D eigenvalue weighted by Crippen LogP contribution is -2.49. The van der Waals surface area contributed by atoms with E-state index >= 15 is 0 Å². The number of nitrogens with one attached hydrogen (secondary N) is 1. The fraction of sp³-hybridized carbons (Fsp3) is 0.370. The van der Waals surface area contributed by atoms with Gasteiger partial charge in [-0.05, 0) is 48.1 Å². The number of aromatic nitrogens is 1. The Morgan fingerprint density at radius 1 is 1.13 bits per heavy atom. The molecule has 1 aliphatic heterocycles. The summed E-state index contributed by atoms with van der Waals surface area (Å²) >= 11 is 0. The minimum absolute atomic E-state index is 0.0998. The van der Waals surface area contributed by atoms with Gasteiger partial charge < -0.3 is 9.88 Å². The Labute approximate surface area is 184 Å². The first-order chi connectivity index (χ1) is 15.2. The van der Waals surface area contributed by atoms with E-state index in [4.69, 9.17) is 0 Å². The monoisotopic (exact) mass is 413 g/mol. The average Bonchev–Trinajstić information content (AvgIpc) is 3.22. The molecule has 2 heterocycles. The second kappa shape index (κ2) is 8.35. The number of hydrogen-bond donors (Lipinski definition) is 1. The van der Waals surface area contributed by atoms with Crippen LogP contribution in [-0.2, 0) is 17.8 Å². The highest BCUT2D eigenvalue weighted by atomic mass is 16.2. The van der Waals surface area contributed by atoms with E-state index in [1.807, 2.05) is 4.90 Å². The number of carbonyl (C=O) groups excluding carboxylic acids is 1. The highest BCUT2D eigenvalue weighted by molar-refractivity contribution is 5.99. The summed E-state index contributed by atoms with van der Waals surface area (Å²) in [5.41, 5.74) is 6.49. The van der Waals surface area contributed by atoms with Crippen molar-refractivity contribution >= 4 is 22.4 Å². The molecule has 0 fully saturated rings. The molecule has 1 aromatic heterocycles. The van der Waals surface area contributed by atoms with E-state index in [1.165, 1.54) is 33.2 Å². The minimum Gasteiger partial charge on any atom is -0.361 e.